The molecule has 5 N–H and O–H groups in total. The van der Waals surface area contributed by atoms with Gasteiger partial charge in [0.15, 0.2) is 0 Å². The lowest BCUT2D eigenvalue weighted by Crippen LogP contribution is -2.06. The van der Waals surface area contributed by atoms with E-state index in [0.29, 0.717) is 5.00 Å². The Bertz CT molecular complexity index is 407. The predicted molar refractivity (Wildman–Crippen MR) is 52.6 cm³/mol. The number of ether oxygens (including phenoxy) is 1. The van der Waals surface area contributed by atoms with Gasteiger partial charge in [0.1, 0.15) is 21.5 Å². The first-order chi connectivity index (χ1) is 6.65. The highest BCUT2D eigenvalue weighted by Gasteiger charge is 2.20. The summed E-state index contributed by atoms with van der Waals surface area (Å²) in [5.74, 6) is 4.57. The number of hydrazine groups is 1. The molecule has 0 amide bonds. The SMILES string of the molecule is COC(=O)c1sc(NN)c(C#N)c1N. The molecule has 0 atom stereocenters. The number of nitrogens with two attached hydrogens (primary N) is 2. The van der Waals surface area contributed by atoms with Crippen LogP contribution in [0, 0.1) is 11.3 Å². The van der Waals surface area contributed by atoms with Crippen LogP contribution in [-0.2, 0) is 4.74 Å². The Morgan fingerprint density at radius 1 is 1.71 bits per heavy atom. The fourth-order valence-corrected chi connectivity index (χ4v) is 1.80. The van der Waals surface area contributed by atoms with Crippen LogP contribution in [0.5, 0.6) is 0 Å². The van der Waals surface area contributed by atoms with Gasteiger partial charge < -0.3 is 15.9 Å². The van der Waals surface area contributed by atoms with Gasteiger partial charge in [-0.05, 0) is 0 Å². The molecule has 14 heavy (non-hydrogen) atoms. The molecular formula is C7H8N4O2S. The molecule has 0 aliphatic rings. The van der Waals surface area contributed by atoms with Crippen molar-refractivity contribution in [2.45, 2.75) is 0 Å². The van der Waals surface area contributed by atoms with Crippen molar-refractivity contribution in [3.63, 3.8) is 0 Å². The van der Waals surface area contributed by atoms with Crippen molar-refractivity contribution >= 4 is 28.0 Å². The van der Waals surface area contributed by atoms with Crippen molar-refractivity contribution in [2.75, 3.05) is 18.3 Å². The second-order valence-electron chi connectivity index (χ2n) is 2.30. The van der Waals surface area contributed by atoms with E-state index in [4.69, 9.17) is 16.8 Å². The number of hydrogen-bond acceptors (Lipinski definition) is 7. The Kier molecular flexibility index (Phi) is 2.91. The van der Waals surface area contributed by atoms with E-state index in [1.807, 2.05) is 6.07 Å². The van der Waals surface area contributed by atoms with E-state index in [1.165, 1.54) is 7.11 Å². The zero-order valence-electron chi connectivity index (χ0n) is 7.33. The number of nitrogens with one attached hydrogen (secondary N) is 1. The van der Waals surface area contributed by atoms with E-state index >= 15 is 0 Å². The number of thiophene rings is 1. The van der Waals surface area contributed by atoms with Crippen molar-refractivity contribution in [2.24, 2.45) is 5.84 Å². The molecule has 6 nitrogen and oxygen atoms in total. The Morgan fingerprint density at radius 2 is 2.36 bits per heavy atom. The highest BCUT2D eigenvalue weighted by Crippen LogP contribution is 2.34. The molecular weight excluding hydrogens is 204 g/mol. The van der Waals surface area contributed by atoms with Crippen LogP contribution in [0.15, 0.2) is 0 Å². The molecule has 0 saturated carbocycles. The standard InChI is InChI=1S/C7H8N4O2S/c1-13-7(12)5-4(9)3(2-8)6(11-10)14-5/h11H,9-10H2,1H3. The number of rotatable bonds is 2. The summed E-state index contributed by atoms with van der Waals surface area (Å²) in [5.41, 5.74) is 8.11. The first kappa shape index (κ1) is 10.3. The summed E-state index contributed by atoms with van der Waals surface area (Å²) in [4.78, 5) is 11.3. The Labute approximate surface area is 84.0 Å². The van der Waals surface area contributed by atoms with Gasteiger partial charge in [0.05, 0.1) is 12.8 Å². The van der Waals surface area contributed by atoms with Gasteiger partial charge in [0.2, 0.25) is 0 Å². The van der Waals surface area contributed by atoms with Crippen molar-refractivity contribution in [3.05, 3.63) is 10.4 Å². The lowest BCUT2D eigenvalue weighted by molar-refractivity contribution is 0.0607. The van der Waals surface area contributed by atoms with Crippen LogP contribution in [0.4, 0.5) is 10.7 Å². The van der Waals surface area contributed by atoms with Crippen LogP contribution in [0.3, 0.4) is 0 Å². The lowest BCUT2D eigenvalue weighted by Gasteiger charge is -1.95. The summed E-state index contributed by atoms with van der Waals surface area (Å²) in [7, 11) is 1.24. The third kappa shape index (κ3) is 1.48. The number of anilines is 2. The number of nitriles is 1. The van der Waals surface area contributed by atoms with Crippen LogP contribution >= 0.6 is 11.3 Å². The van der Waals surface area contributed by atoms with Crippen LogP contribution in [0.2, 0.25) is 0 Å². The fourth-order valence-electron chi connectivity index (χ4n) is 0.901. The summed E-state index contributed by atoms with van der Waals surface area (Å²) >= 11 is 0.985. The number of methoxy groups -OCH3 is 1. The van der Waals surface area contributed by atoms with Crippen LogP contribution in [0.25, 0.3) is 0 Å². The number of esters is 1. The molecule has 0 aliphatic carbocycles. The molecule has 74 valence electrons. The summed E-state index contributed by atoms with van der Waals surface area (Å²) in [6.45, 7) is 0. The maximum atomic E-state index is 11.2. The summed E-state index contributed by atoms with van der Waals surface area (Å²) in [5, 5.41) is 9.08. The van der Waals surface area contributed by atoms with Crippen molar-refractivity contribution in [3.8, 4) is 6.07 Å². The molecule has 0 aliphatic heterocycles. The molecule has 1 aromatic rings. The topological polar surface area (TPSA) is 114 Å². The minimum atomic E-state index is -0.578. The molecule has 7 heteroatoms. The molecule has 0 unspecified atom stereocenters. The second-order valence-corrected chi connectivity index (χ2v) is 3.32. The summed E-state index contributed by atoms with van der Waals surface area (Å²) < 4.78 is 4.49. The largest absolute Gasteiger partial charge is 0.465 e. The fraction of sp³-hybridized carbons (Fsp3) is 0.143. The summed E-state index contributed by atoms with van der Waals surface area (Å²) in [6, 6.07) is 1.85. The van der Waals surface area contributed by atoms with Gasteiger partial charge in [-0.2, -0.15) is 5.26 Å². The molecule has 0 spiro atoms. The van der Waals surface area contributed by atoms with Gasteiger partial charge in [0.25, 0.3) is 0 Å². The van der Waals surface area contributed by atoms with Gasteiger partial charge in [0, 0.05) is 0 Å². The molecule has 1 aromatic heterocycles. The maximum absolute atomic E-state index is 11.2. The van der Waals surface area contributed by atoms with E-state index in [2.05, 4.69) is 10.2 Å². The zero-order valence-corrected chi connectivity index (χ0v) is 8.14. The van der Waals surface area contributed by atoms with Crippen molar-refractivity contribution < 1.29 is 9.53 Å². The Morgan fingerprint density at radius 3 is 2.71 bits per heavy atom. The van der Waals surface area contributed by atoms with E-state index in [1.54, 1.807) is 0 Å². The first-order valence-corrected chi connectivity index (χ1v) is 4.34. The van der Waals surface area contributed by atoms with E-state index in [0.717, 1.165) is 11.3 Å². The normalized spacial score (nSPS) is 9.21. The second kappa shape index (κ2) is 3.95. The monoisotopic (exact) mass is 212 g/mol. The molecule has 1 rings (SSSR count). The predicted octanol–water partition coefficient (Wildman–Crippen LogP) is 0.274. The van der Waals surface area contributed by atoms with Crippen LogP contribution < -0.4 is 17.0 Å². The van der Waals surface area contributed by atoms with Gasteiger partial charge in [-0.15, -0.1) is 11.3 Å². The minimum absolute atomic E-state index is 0.0947. The average molecular weight is 212 g/mol. The number of hydrogen-bond donors (Lipinski definition) is 3. The summed E-state index contributed by atoms with van der Waals surface area (Å²) in [6.07, 6.45) is 0. The first-order valence-electron chi connectivity index (χ1n) is 3.53. The third-order valence-electron chi connectivity index (χ3n) is 1.56. The van der Waals surface area contributed by atoms with Gasteiger partial charge in [-0.1, -0.05) is 0 Å². The number of nitrogen functional groups attached to an aromatic ring is 2. The van der Waals surface area contributed by atoms with Crippen molar-refractivity contribution in [1.82, 2.24) is 0 Å². The van der Waals surface area contributed by atoms with Gasteiger partial charge in [-0.25, -0.2) is 10.6 Å². The molecule has 0 saturated heterocycles. The molecule has 0 radical (unpaired) electrons. The highest BCUT2D eigenvalue weighted by atomic mass is 32.1. The molecule has 0 fully saturated rings. The third-order valence-corrected chi connectivity index (χ3v) is 2.68. The molecule has 1 heterocycles. The Hall–Kier alpha value is -1.78. The molecule has 0 bridgehead atoms. The van der Waals surface area contributed by atoms with Gasteiger partial charge in [-0.3, -0.25) is 0 Å². The Balaban J connectivity index is 3.29. The number of carbonyl (C=O) groups is 1. The van der Waals surface area contributed by atoms with Gasteiger partial charge >= 0.3 is 5.97 Å². The van der Waals surface area contributed by atoms with Crippen LogP contribution in [0.1, 0.15) is 15.2 Å². The minimum Gasteiger partial charge on any atom is -0.465 e. The van der Waals surface area contributed by atoms with E-state index in [-0.39, 0.29) is 16.1 Å². The highest BCUT2D eigenvalue weighted by molar-refractivity contribution is 7.18. The van der Waals surface area contributed by atoms with Crippen molar-refractivity contribution in [1.29, 1.82) is 5.26 Å². The zero-order chi connectivity index (χ0) is 10.7. The maximum Gasteiger partial charge on any atom is 0.350 e. The smallest absolute Gasteiger partial charge is 0.350 e. The molecule has 0 aromatic carbocycles. The average Bonchev–Trinajstić information content (AvgIpc) is 2.53. The van der Waals surface area contributed by atoms with E-state index < -0.39 is 5.97 Å². The quantitative estimate of drug-likeness (QED) is 0.368. The van der Waals surface area contributed by atoms with Crippen LogP contribution in [-0.4, -0.2) is 13.1 Å². The number of carbonyl (C=O) groups excluding carboxylic acids is 1. The van der Waals surface area contributed by atoms with E-state index in [9.17, 15) is 4.79 Å². The lowest BCUT2D eigenvalue weighted by atomic mass is 10.2. The number of nitrogens with zero attached hydrogens (tertiary/aromatic N) is 1.